The number of aryl methyl sites for hydroxylation is 1. The minimum Gasteiger partial charge on any atom is -0.0840 e. The highest BCUT2D eigenvalue weighted by Gasteiger charge is 2.06. The molecule has 66 valence electrons. The average molecular weight is 248 g/mol. The average Bonchev–Trinajstić information content (AvgIpc) is 1.96. The van der Waals surface area contributed by atoms with E-state index in [-0.39, 0.29) is 0 Å². The highest BCUT2D eigenvalue weighted by atomic mass is 79.9. The van der Waals surface area contributed by atoms with Gasteiger partial charge in [0.25, 0.3) is 0 Å². The molecule has 0 atom stereocenters. The molecular formula is C10H12BrCl. The van der Waals surface area contributed by atoms with Crippen molar-refractivity contribution < 1.29 is 0 Å². The molecule has 0 unspecified atom stereocenters. The Balaban J connectivity index is 3.23. The number of benzene rings is 1. The molecular weight excluding hydrogens is 235 g/mol. The van der Waals surface area contributed by atoms with E-state index in [1.54, 1.807) is 0 Å². The van der Waals surface area contributed by atoms with Gasteiger partial charge in [0.15, 0.2) is 0 Å². The molecule has 0 N–H and O–H groups in total. The number of rotatable bonds is 1. The van der Waals surface area contributed by atoms with Crippen LogP contribution in [0.25, 0.3) is 0 Å². The lowest BCUT2D eigenvalue weighted by atomic mass is 10.0. The Hall–Kier alpha value is -0.0100. The van der Waals surface area contributed by atoms with Crippen LogP contribution in [0.15, 0.2) is 16.6 Å². The van der Waals surface area contributed by atoms with Gasteiger partial charge in [-0.3, -0.25) is 0 Å². The van der Waals surface area contributed by atoms with Gasteiger partial charge in [-0.1, -0.05) is 41.4 Å². The zero-order valence-electron chi connectivity index (χ0n) is 7.49. The molecule has 0 saturated heterocycles. The maximum Gasteiger partial charge on any atom is 0.0438 e. The Bertz CT molecular complexity index is 292. The minimum absolute atomic E-state index is 0.512. The van der Waals surface area contributed by atoms with Crippen LogP contribution in [-0.4, -0.2) is 0 Å². The van der Waals surface area contributed by atoms with E-state index in [9.17, 15) is 0 Å². The van der Waals surface area contributed by atoms with Crippen LogP contribution in [0.4, 0.5) is 0 Å². The fourth-order valence-electron chi connectivity index (χ4n) is 1.10. The lowest BCUT2D eigenvalue weighted by molar-refractivity contribution is 0.860. The molecule has 0 amide bonds. The van der Waals surface area contributed by atoms with Crippen molar-refractivity contribution in [2.75, 3.05) is 0 Å². The molecule has 0 aliphatic carbocycles. The van der Waals surface area contributed by atoms with Gasteiger partial charge in [0.05, 0.1) is 0 Å². The third-order valence-corrected chi connectivity index (χ3v) is 2.99. The second kappa shape index (κ2) is 3.80. The molecule has 0 aromatic heterocycles. The molecule has 0 aliphatic rings. The fraction of sp³-hybridized carbons (Fsp3) is 0.400. The summed E-state index contributed by atoms with van der Waals surface area (Å²) in [4.78, 5) is 0. The molecule has 0 spiro atoms. The molecule has 1 aromatic carbocycles. The van der Waals surface area contributed by atoms with Crippen molar-refractivity contribution >= 4 is 27.5 Å². The van der Waals surface area contributed by atoms with Gasteiger partial charge < -0.3 is 0 Å². The van der Waals surface area contributed by atoms with Crippen molar-refractivity contribution in [1.82, 2.24) is 0 Å². The van der Waals surface area contributed by atoms with Crippen molar-refractivity contribution in [2.24, 2.45) is 0 Å². The van der Waals surface area contributed by atoms with Gasteiger partial charge in [0.2, 0.25) is 0 Å². The predicted octanol–water partition coefficient (Wildman–Crippen LogP) is 4.53. The number of hydrogen-bond donors (Lipinski definition) is 0. The van der Waals surface area contributed by atoms with E-state index in [1.807, 2.05) is 13.0 Å². The van der Waals surface area contributed by atoms with Crippen LogP contribution in [-0.2, 0) is 0 Å². The largest absolute Gasteiger partial charge is 0.0840 e. The van der Waals surface area contributed by atoms with Crippen molar-refractivity contribution in [3.8, 4) is 0 Å². The summed E-state index contributed by atoms with van der Waals surface area (Å²) in [5, 5.41) is 0.849. The monoisotopic (exact) mass is 246 g/mol. The first-order valence-electron chi connectivity index (χ1n) is 3.98. The molecule has 0 bridgehead atoms. The summed E-state index contributed by atoms with van der Waals surface area (Å²) in [7, 11) is 0. The normalized spacial score (nSPS) is 10.8. The Morgan fingerprint density at radius 3 is 2.42 bits per heavy atom. The number of hydrogen-bond acceptors (Lipinski definition) is 0. The molecule has 0 fully saturated rings. The fourth-order valence-corrected chi connectivity index (χ4v) is 2.19. The van der Waals surface area contributed by atoms with Crippen molar-refractivity contribution in [1.29, 1.82) is 0 Å². The van der Waals surface area contributed by atoms with E-state index in [2.05, 4.69) is 35.8 Å². The van der Waals surface area contributed by atoms with Gasteiger partial charge in [-0.05, 0) is 36.1 Å². The lowest BCUT2D eigenvalue weighted by Crippen LogP contribution is -1.90. The van der Waals surface area contributed by atoms with Gasteiger partial charge in [-0.15, -0.1) is 0 Å². The van der Waals surface area contributed by atoms with Crippen LogP contribution in [0.1, 0.15) is 30.9 Å². The summed E-state index contributed by atoms with van der Waals surface area (Å²) in [6.45, 7) is 6.33. The standard InChI is InChI=1S/C10H12BrCl/c1-6(2)8-5-10(12)7(3)4-9(8)11/h4-6H,1-3H3. The van der Waals surface area contributed by atoms with E-state index < -0.39 is 0 Å². The van der Waals surface area contributed by atoms with Gasteiger partial charge in [-0.2, -0.15) is 0 Å². The Morgan fingerprint density at radius 1 is 1.33 bits per heavy atom. The second-order valence-corrected chi connectivity index (χ2v) is 4.54. The van der Waals surface area contributed by atoms with Crippen LogP contribution < -0.4 is 0 Å². The van der Waals surface area contributed by atoms with Crippen LogP contribution in [0, 0.1) is 6.92 Å². The Labute approximate surface area is 87.1 Å². The van der Waals surface area contributed by atoms with E-state index in [4.69, 9.17) is 11.6 Å². The van der Waals surface area contributed by atoms with Crippen LogP contribution in [0.3, 0.4) is 0 Å². The van der Waals surface area contributed by atoms with E-state index in [1.165, 1.54) is 5.56 Å². The van der Waals surface area contributed by atoms with Crippen LogP contribution >= 0.6 is 27.5 Å². The van der Waals surface area contributed by atoms with Gasteiger partial charge in [0.1, 0.15) is 0 Å². The molecule has 12 heavy (non-hydrogen) atoms. The quantitative estimate of drug-likeness (QED) is 0.684. The zero-order chi connectivity index (χ0) is 9.30. The molecule has 0 heterocycles. The van der Waals surface area contributed by atoms with Gasteiger partial charge in [-0.25, -0.2) is 0 Å². The topological polar surface area (TPSA) is 0 Å². The van der Waals surface area contributed by atoms with Crippen LogP contribution in [0.5, 0.6) is 0 Å². The summed E-state index contributed by atoms with van der Waals surface area (Å²) >= 11 is 9.53. The first-order valence-corrected chi connectivity index (χ1v) is 5.15. The molecule has 0 saturated carbocycles. The van der Waals surface area contributed by atoms with Crippen molar-refractivity contribution in [2.45, 2.75) is 26.7 Å². The van der Waals surface area contributed by atoms with Crippen molar-refractivity contribution in [3.05, 3.63) is 32.8 Å². The highest BCUT2D eigenvalue weighted by Crippen LogP contribution is 2.29. The summed E-state index contributed by atoms with van der Waals surface area (Å²) in [5.41, 5.74) is 2.39. The van der Waals surface area contributed by atoms with Crippen LogP contribution in [0.2, 0.25) is 5.02 Å². The van der Waals surface area contributed by atoms with Gasteiger partial charge >= 0.3 is 0 Å². The molecule has 2 heteroatoms. The summed E-state index contributed by atoms with van der Waals surface area (Å²) in [6, 6.07) is 4.10. The van der Waals surface area contributed by atoms with Gasteiger partial charge in [0, 0.05) is 9.50 Å². The molecule has 0 radical (unpaired) electrons. The zero-order valence-corrected chi connectivity index (χ0v) is 9.83. The lowest BCUT2D eigenvalue weighted by Gasteiger charge is -2.10. The van der Waals surface area contributed by atoms with Crippen molar-refractivity contribution in [3.63, 3.8) is 0 Å². The molecule has 0 nitrogen and oxygen atoms in total. The van der Waals surface area contributed by atoms with E-state index >= 15 is 0 Å². The summed E-state index contributed by atoms with van der Waals surface area (Å²) < 4.78 is 1.15. The summed E-state index contributed by atoms with van der Waals surface area (Å²) in [5.74, 6) is 0.512. The second-order valence-electron chi connectivity index (χ2n) is 3.28. The highest BCUT2D eigenvalue weighted by molar-refractivity contribution is 9.10. The molecule has 1 aromatic rings. The Kier molecular flexibility index (Phi) is 3.19. The van der Waals surface area contributed by atoms with E-state index in [0.717, 1.165) is 15.1 Å². The van der Waals surface area contributed by atoms with E-state index in [0.29, 0.717) is 5.92 Å². The summed E-state index contributed by atoms with van der Waals surface area (Å²) in [6.07, 6.45) is 0. The third kappa shape index (κ3) is 2.02. The SMILES string of the molecule is Cc1cc(Br)c(C(C)C)cc1Cl. The third-order valence-electron chi connectivity index (χ3n) is 1.90. The maximum absolute atomic E-state index is 6.01. The first kappa shape index (κ1) is 10.1. The first-order chi connectivity index (χ1) is 5.52. The number of halogens is 2. The minimum atomic E-state index is 0.512. The Morgan fingerprint density at radius 2 is 1.92 bits per heavy atom. The molecule has 1 rings (SSSR count). The maximum atomic E-state index is 6.01. The smallest absolute Gasteiger partial charge is 0.0438 e. The molecule has 0 aliphatic heterocycles. The predicted molar refractivity (Wildman–Crippen MR) is 58.0 cm³/mol.